The molecule has 25 heavy (non-hydrogen) atoms. The zero-order valence-corrected chi connectivity index (χ0v) is 15.6. The number of piperidine rings is 1. The second-order valence-electron chi connectivity index (χ2n) is 6.17. The summed E-state index contributed by atoms with van der Waals surface area (Å²) in [5.74, 6) is -0.266. The van der Waals surface area contributed by atoms with Gasteiger partial charge in [-0.1, -0.05) is 12.1 Å². The topological polar surface area (TPSA) is 92.9 Å². The Labute approximate surface area is 154 Å². The van der Waals surface area contributed by atoms with Crippen LogP contribution in [-0.2, 0) is 14.8 Å². The fourth-order valence-corrected chi connectivity index (χ4v) is 4.75. The van der Waals surface area contributed by atoms with Crippen LogP contribution in [0.1, 0.15) is 23.2 Å². The maximum absolute atomic E-state index is 12.9. The van der Waals surface area contributed by atoms with Crippen LogP contribution in [0.5, 0.6) is 0 Å². The number of carbonyl (C=O) groups is 1. The lowest BCUT2D eigenvalue weighted by Crippen LogP contribution is -2.46. The summed E-state index contributed by atoms with van der Waals surface area (Å²) in [6.07, 6.45) is 1.72. The lowest BCUT2D eigenvalue weighted by atomic mass is 10.1. The first-order valence-electron chi connectivity index (χ1n) is 8.22. The number of hydrogen-bond donors (Lipinski definition) is 1. The molecule has 0 aliphatic carbocycles. The molecule has 0 saturated carbocycles. The van der Waals surface area contributed by atoms with Crippen molar-refractivity contribution in [3.63, 3.8) is 0 Å². The van der Waals surface area contributed by atoms with Gasteiger partial charge in [0.15, 0.2) is 0 Å². The number of nitrogens with zero attached hydrogens (tertiary/aromatic N) is 2. The van der Waals surface area contributed by atoms with Gasteiger partial charge in [0, 0.05) is 32.2 Å². The van der Waals surface area contributed by atoms with Crippen LogP contribution in [-0.4, -0.2) is 69.0 Å². The maximum atomic E-state index is 12.9. The lowest BCUT2D eigenvalue weighted by molar-refractivity contribution is 0.0699. The number of amides is 1. The van der Waals surface area contributed by atoms with Crippen molar-refractivity contribution in [3.8, 4) is 0 Å². The Kier molecular flexibility index (Phi) is 6.81. The van der Waals surface area contributed by atoms with E-state index in [4.69, 9.17) is 10.5 Å². The van der Waals surface area contributed by atoms with E-state index in [1.165, 1.54) is 10.4 Å². The first-order valence-corrected chi connectivity index (χ1v) is 9.66. The number of nitrogens with two attached hydrogens (primary N) is 1. The number of likely N-dealkylation sites (tertiary alicyclic amines) is 1. The fourth-order valence-electron chi connectivity index (χ4n) is 3.16. The van der Waals surface area contributed by atoms with E-state index in [0.717, 1.165) is 12.8 Å². The standard InChI is InChI=1S/C16H23N3O4S.ClH/c17-13-4-3-7-18(12-13)16(20)14-5-1-2-6-15(14)24(21,22)19-8-10-23-11-9-19;/h1-2,5-6,13H,3-4,7-12,17H2;1H. The second kappa shape index (κ2) is 8.46. The minimum atomic E-state index is -3.72. The fraction of sp³-hybridized carbons (Fsp3) is 0.562. The van der Waals surface area contributed by atoms with Crippen molar-refractivity contribution >= 4 is 28.3 Å². The summed E-state index contributed by atoms with van der Waals surface area (Å²) in [7, 11) is -3.72. The molecule has 2 aliphatic heterocycles. The van der Waals surface area contributed by atoms with Gasteiger partial charge in [-0.2, -0.15) is 4.31 Å². The molecule has 1 unspecified atom stereocenters. The highest BCUT2D eigenvalue weighted by Crippen LogP contribution is 2.23. The smallest absolute Gasteiger partial charge is 0.255 e. The lowest BCUT2D eigenvalue weighted by Gasteiger charge is -2.32. The van der Waals surface area contributed by atoms with Crippen LogP contribution in [0.4, 0.5) is 0 Å². The predicted molar refractivity (Wildman–Crippen MR) is 96.4 cm³/mol. The normalized spacial score (nSPS) is 22.3. The van der Waals surface area contributed by atoms with Gasteiger partial charge in [0.25, 0.3) is 5.91 Å². The Morgan fingerprint density at radius 3 is 2.52 bits per heavy atom. The van der Waals surface area contributed by atoms with Gasteiger partial charge in [0.1, 0.15) is 0 Å². The second-order valence-corrected chi connectivity index (χ2v) is 8.07. The molecular weight excluding hydrogens is 366 g/mol. The van der Waals surface area contributed by atoms with Crippen LogP contribution >= 0.6 is 12.4 Å². The Morgan fingerprint density at radius 1 is 1.16 bits per heavy atom. The highest BCUT2D eigenvalue weighted by atomic mass is 35.5. The number of ether oxygens (including phenoxy) is 1. The van der Waals surface area contributed by atoms with Crippen LogP contribution in [0.2, 0.25) is 0 Å². The van der Waals surface area contributed by atoms with Crippen molar-refractivity contribution in [2.75, 3.05) is 39.4 Å². The van der Waals surface area contributed by atoms with E-state index >= 15 is 0 Å². The molecule has 0 spiro atoms. The molecule has 3 rings (SSSR count). The number of carbonyl (C=O) groups excluding carboxylic acids is 1. The van der Waals surface area contributed by atoms with Crippen molar-refractivity contribution in [1.82, 2.24) is 9.21 Å². The van der Waals surface area contributed by atoms with Gasteiger partial charge >= 0.3 is 0 Å². The highest BCUT2D eigenvalue weighted by Gasteiger charge is 2.32. The third kappa shape index (κ3) is 4.32. The molecule has 1 aromatic carbocycles. The van der Waals surface area contributed by atoms with Crippen LogP contribution in [0.3, 0.4) is 0 Å². The monoisotopic (exact) mass is 389 g/mol. The molecule has 2 N–H and O–H groups in total. The Morgan fingerprint density at radius 2 is 1.84 bits per heavy atom. The molecule has 1 atom stereocenters. The largest absolute Gasteiger partial charge is 0.379 e. The Balaban J connectivity index is 0.00000225. The number of rotatable bonds is 3. The van der Waals surface area contributed by atoms with Crippen LogP contribution in [0.15, 0.2) is 29.2 Å². The summed E-state index contributed by atoms with van der Waals surface area (Å²) in [5, 5.41) is 0. The first-order chi connectivity index (χ1) is 11.5. The number of hydrogen-bond acceptors (Lipinski definition) is 5. The summed E-state index contributed by atoms with van der Waals surface area (Å²) in [5.41, 5.74) is 6.17. The minimum absolute atomic E-state index is 0. The summed E-state index contributed by atoms with van der Waals surface area (Å²) in [6.45, 7) is 2.43. The van der Waals surface area contributed by atoms with Gasteiger partial charge in [-0.25, -0.2) is 8.42 Å². The van der Waals surface area contributed by atoms with Gasteiger partial charge in [0.05, 0.1) is 23.7 Å². The van der Waals surface area contributed by atoms with E-state index in [-0.39, 0.29) is 34.8 Å². The zero-order valence-electron chi connectivity index (χ0n) is 14.0. The highest BCUT2D eigenvalue weighted by molar-refractivity contribution is 7.89. The average molecular weight is 390 g/mol. The van der Waals surface area contributed by atoms with E-state index in [2.05, 4.69) is 0 Å². The predicted octanol–water partition coefficient (Wildman–Crippen LogP) is 0.693. The number of halogens is 1. The molecule has 2 aliphatic rings. The van der Waals surface area contributed by atoms with Crippen molar-refractivity contribution < 1.29 is 17.9 Å². The third-order valence-corrected chi connectivity index (χ3v) is 6.41. The zero-order chi connectivity index (χ0) is 17.2. The molecule has 2 heterocycles. The number of benzene rings is 1. The van der Waals surface area contributed by atoms with Gasteiger partial charge in [-0.3, -0.25) is 4.79 Å². The van der Waals surface area contributed by atoms with Gasteiger partial charge in [-0.15, -0.1) is 12.4 Å². The van der Waals surface area contributed by atoms with Crippen LogP contribution < -0.4 is 5.73 Å². The molecule has 2 fully saturated rings. The van der Waals surface area contributed by atoms with Crippen molar-refractivity contribution in [2.45, 2.75) is 23.8 Å². The van der Waals surface area contributed by atoms with E-state index in [0.29, 0.717) is 39.4 Å². The van der Waals surface area contributed by atoms with Crippen LogP contribution in [0.25, 0.3) is 0 Å². The molecule has 0 bridgehead atoms. The van der Waals surface area contributed by atoms with E-state index in [1.807, 2.05) is 0 Å². The van der Waals surface area contributed by atoms with Gasteiger partial charge in [0.2, 0.25) is 10.0 Å². The summed E-state index contributed by atoms with van der Waals surface area (Å²) < 4.78 is 32.5. The van der Waals surface area contributed by atoms with Crippen LogP contribution in [0, 0.1) is 0 Å². The molecular formula is C16H24ClN3O4S. The molecule has 0 radical (unpaired) electrons. The summed E-state index contributed by atoms with van der Waals surface area (Å²) >= 11 is 0. The molecule has 9 heteroatoms. The van der Waals surface area contributed by atoms with Crippen molar-refractivity contribution in [1.29, 1.82) is 0 Å². The van der Waals surface area contributed by atoms with Gasteiger partial charge < -0.3 is 15.4 Å². The molecule has 7 nitrogen and oxygen atoms in total. The summed E-state index contributed by atoms with van der Waals surface area (Å²) in [6, 6.07) is 6.37. The Bertz CT molecular complexity index is 707. The first kappa shape index (κ1) is 20.1. The van der Waals surface area contributed by atoms with E-state index in [9.17, 15) is 13.2 Å². The molecule has 1 amide bonds. The number of sulfonamides is 1. The van der Waals surface area contributed by atoms with Crippen molar-refractivity contribution in [3.05, 3.63) is 29.8 Å². The quantitative estimate of drug-likeness (QED) is 0.821. The van der Waals surface area contributed by atoms with E-state index < -0.39 is 10.0 Å². The minimum Gasteiger partial charge on any atom is -0.379 e. The summed E-state index contributed by atoms with van der Waals surface area (Å²) in [4.78, 5) is 14.6. The van der Waals surface area contributed by atoms with Gasteiger partial charge in [-0.05, 0) is 25.0 Å². The van der Waals surface area contributed by atoms with E-state index in [1.54, 1.807) is 23.1 Å². The molecule has 2 saturated heterocycles. The maximum Gasteiger partial charge on any atom is 0.255 e. The molecule has 140 valence electrons. The van der Waals surface area contributed by atoms with Crippen molar-refractivity contribution in [2.24, 2.45) is 5.73 Å². The SMILES string of the molecule is Cl.NC1CCCN(C(=O)c2ccccc2S(=O)(=O)N2CCOCC2)C1. The Hall–Kier alpha value is -1.19. The molecule has 0 aromatic heterocycles. The number of morpholine rings is 1. The molecule has 1 aromatic rings. The average Bonchev–Trinajstić information content (AvgIpc) is 2.62. The third-order valence-electron chi connectivity index (χ3n) is 4.45.